The summed E-state index contributed by atoms with van der Waals surface area (Å²) in [6, 6.07) is 5.29. The van der Waals surface area contributed by atoms with Gasteiger partial charge in [-0.25, -0.2) is 0 Å². The zero-order valence-electron chi connectivity index (χ0n) is 20.1. The van der Waals surface area contributed by atoms with Gasteiger partial charge in [-0.2, -0.15) is 0 Å². The monoisotopic (exact) mass is 483 g/mol. The van der Waals surface area contributed by atoms with Crippen molar-refractivity contribution in [1.82, 2.24) is 20.9 Å². The number of nitrogens with two attached hydrogens (primary N) is 1. The fraction of sp³-hybridized carbons (Fsp3) is 0.520. The van der Waals surface area contributed by atoms with Crippen LogP contribution in [0.25, 0.3) is 10.9 Å². The highest BCUT2D eigenvalue weighted by molar-refractivity contribution is 6.01. The first-order valence-corrected chi connectivity index (χ1v) is 12.0. The molecule has 0 bridgehead atoms. The highest BCUT2D eigenvalue weighted by Gasteiger charge is 2.42. The van der Waals surface area contributed by atoms with Gasteiger partial charge in [0.1, 0.15) is 23.5 Å². The second kappa shape index (κ2) is 9.97. The third-order valence-electron chi connectivity index (χ3n) is 7.09. The number of hydrogen-bond acceptors (Lipinski definition) is 5. The van der Waals surface area contributed by atoms with E-state index in [0.29, 0.717) is 30.8 Å². The van der Waals surface area contributed by atoms with Crippen LogP contribution in [0.3, 0.4) is 0 Å². The summed E-state index contributed by atoms with van der Waals surface area (Å²) in [6.45, 7) is 2.67. The van der Waals surface area contributed by atoms with Crippen LogP contribution >= 0.6 is 0 Å². The van der Waals surface area contributed by atoms with Gasteiger partial charge in [0.2, 0.25) is 17.7 Å². The molecule has 2 aromatic rings. The fourth-order valence-corrected chi connectivity index (χ4v) is 4.65. The summed E-state index contributed by atoms with van der Waals surface area (Å²) in [5.41, 5.74) is 6.55. The Bertz CT molecular complexity index is 1140. The van der Waals surface area contributed by atoms with Crippen molar-refractivity contribution in [3.63, 3.8) is 0 Å². The van der Waals surface area contributed by atoms with Gasteiger partial charge in [0.15, 0.2) is 0 Å². The van der Waals surface area contributed by atoms with Gasteiger partial charge in [0.25, 0.3) is 5.91 Å². The predicted molar refractivity (Wildman–Crippen MR) is 130 cm³/mol. The zero-order chi connectivity index (χ0) is 25.2. The van der Waals surface area contributed by atoms with E-state index in [0.717, 1.165) is 30.2 Å². The van der Waals surface area contributed by atoms with E-state index in [4.69, 9.17) is 10.5 Å². The molecule has 1 saturated carbocycles. The first kappa shape index (κ1) is 24.6. The van der Waals surface area contributed by atoms with Crippen molar-refractivity contribution in [2.45, 2.75) is 57.5 Å². The van der Waals surface area contributed by atoms with E-state index in [-0.39, 0.29) is 17.7 Å². The maximum atomic E-state index is 13.3. The van der Waals surface area contributed by atoms with Crippen LogP contribution < -0.4 is 26.4 Å². The standard InChI is InChI=1S/C25H33N5O5/c1-25(8-9-25)13-19(24(34)29-17(21(26)31)11-14-5-4-10-27-22(14)32)30-23(33)18-12-15-16(28-18)6-3-7-20(15)35-2/h3,6-7,12,14,17,19,28H,4-5,8-11,13H2,1-2H3,(H2,26,31)(H,27,32)(H,29,34)(H,30,33). The number of benzene rings is 1. The summed E-state index contributed by atoms with van der Waals surface area (Å²) in [4.78, 5) is 53.7. The van der Waals surface area contributed by atoms with Gasteiger partial charge in [-0.3, -0.25) is 19.2 Å². The summed E-state index contributed by atoms with van der Waals surface area (Å²) in [5, 5.41) is 9.07. The van der Waals surface area contributed by atoms with Crippen molar-refractivity contribution in [2.24, 2.45) is 17.1 Å². The van der Waals surface area contributed by atoms with Crippen LogP contribution in [0.15, 0.2) is 24.3 Å². The van der Waals surface area contributed by atoms with Crippen molar-refractivity contribution < 1.29 is 23.9 Å². The molecule has 1 aromatic heterocycles. The molecule has 4 rings (SSSR count). The maximum absolute atomic E-state index is 13.3. The van der Waals surface area contributed by atoms with Gasteiger partial charge in [-0.15, -0.1) is 0 Å². The van der Waals surface area contributed by atoms with Crippen LogP contribution in [0.5, 0.6) is 5.75 Å². The molecular weight excluding hydrogens is 450 g/mol. The Morgan fingerprint density at radius 1 is 1.23 bits per heavy atom. The lowest BCUT2D eigenvalue weighted by Gasteiger charge is -2.27. The minimum absolute atomic E-state index is 0.0512. The second-order valence-corrected chi connectivity index (χ2v) is 9.97. The largest absolute Gasteiger partial charge is 0.496 e. The summed E-state index contributed by atoms with van der Waals surface area (Å²) >= 11 is 0. The van der Waals surface area contributed by atoms with E-state index in [1.165, 1.54) is 0 Å². The fourth-order valence-electron chi connectivity index (χ4n) is 4.65. The Balaban J connectivity index is 1.49. The number of aromatic nitrogens is 1. The summed E-state index contributed by atoms with van der Waals surface area (Å²) < 4.78 is 5.36. The molecule has 3 atom stereocenters. The molecule has 4 amide bonds. The molecular formula is C25H33N5O5. The Hall–Kier alpha value is -3.56. The number of ether oxygens (including phenoxy) is 1. The van der Waals surface area contributed by atoms with Crippen molar-refractivity contribution in [3.8, 4) is 5.75 Å². The summed E-state index contributed by atoms with van der Waals surface area (Å²) in [5.74, 6) is -1.52. The summed E-state index contributed by atoms with van der Waals surface area (Å²) in [6.07, 6.45) is 3.92. The number of hydrogen-bond donors (Lipinski definition) is 5. The van der Waals surface area contributed by atoms with Crippen LogP contribution in [-0.4, -0.2) is 54.4 Å². The molecule has 10 heteroatoms. The molecule has 2 fully saturated rings. The number of fused-ring (bicyclic) bond motifs is 1. The second-order valence-electron chi connectivity index (χ2n) is 9.97. The van der Waals surface area contributed by atoms with Crippen LogP contribution in [0.2, 0.25) is 0 Å². The molecule has 1 saturated heterocycles. The number of H-pyrrole nitrogens is 1. The Morgan fingerprint density at radius 3 is 2.66 bits per heavy atom. The number of nitrogens with one attached hydrogen (secondary N) is 4. The topological polar surface area (TPSA) is 155 Å². The first-order chi connectivity index (χ1) is 16.7. The van der Waals surface area contributed by atoms with E-state index in [2.05, 4.69) is 27.9 Å². The average molecular weight is 484 g/mol. The number of amides is 4. The lowest BCUT2D eigenvalue weighted by molar-refractivity contribution is -0.131. The predicted octanol–water partition coefficient (Wildman–Crippen LogP) is 1.35. The zero-order valence-corrected chi connectivity index (χ0v) is 20.1. The molecule has 0 spiro atoms. The number of methoxy groups -OCH3 is 1. The van der Waals surface area contributed by atoms with E-state index in [1.54, 1.807) is 19.2 Å². The first-order valence-electron chi connectivity index (χ1n) is 12.0. The van der Waals surface area contributed by atoms with Crippen LogP contribution in [0, 0.1) is 11.3 Å². The molecule has 2 heterocycles. The molecule has 1 aliphatic heterocycles. The van der Waals surface area contributed by atoms with E-state index in [9.17, 15) is 19.2 Å². The van der Waals surface area contributed by atoms with Gasteiger partial charge in [0, 0.05) is 23.4 Å². The van der Waals surface area contributed by atoms with Gasteiger partial charge in [0.05, 0.1) is 7.11 Å². The van der Waals surface area contributed by atoms with Crippen LogP contribution in [-0.2, 0) is 14.4 Å². The van der Waals surface area contributed by atoms with Gasteiger partial charge in [-0.05, 0) is 62.1 Å². The smallest absolute Gasteiger partial charge is 0.268 e. The van der Waals surface area contributed by atoms with Crippen molar-refractivity contribution in [1.29, 1.82) is 0 Å². The van der Waals surface area contributed by atoms with E-state index < -0.39 is 35.7 Å². The van der Waals surface area contributed by atoms with Gasteiger partial charge < -0.3 is 31.4 Å². The summed E-state index contributed by atoms with van der Waals surface area (Å²) in [7, 11) is 1.56. The molecule has 188 valence electrons. The normalized spacial score (nSPS) is 20.4. The van der Waals surface area contributed by atoms with Gasteiger partial charge >= 0.3 is 0 Å². The van der Waals surface area contributed by atoms with Crippen molar-refractivity contribution >= 4 is 34.5 Å². The lowest BCUT2D eigenvalue weighted by Crippen LogP contribution is -2.54. The molecule has 35 heavy (non-hydrogen) atoms. The number of primary amides is 1. The molecule has 6 N–H and O–H groups in total. The highest BCUT2D eigenvalue weighted by Crippen LogP contribution is 2.49. The van der Waals surface area contributed by atoms with Crippen LogP contribution in [0.4, 0.5) is 0 Å². The van der Waals surface area contributed by atoms with E-state index >= 15 is 0 Å². The lowest BCUT2D eigenvalue weighted by atomic mass is 9.91. The Labute approximate surface area is 203 Å². The quantitative estimate of drug-likeness (QED) is 0.345. The SMILES string of the molecule is COc1cccc2[nH]c(C(=O)NC(CC3(C)CC3)C(=O)NC(CC3CCCNC3=O)C(N)=O)cc12. The molecule has 2 aliphatic rings. The van der Waals surface area contributed by atoms with Crippen LogP contribution in [0.1, 0.15) is 55.9 Å². The number of aromatic amines is 1. The third-order valence-corrected chi connectivity index (χ3v) is 7.09. The number of carbonyl (C=O) groups is 4. The molecule has 10 nitrogen and oxygen atoms in total. The molecule has 3 unspecified atom stereocenters. The van der Waals surface area contributed by atoms with Crippen molar-refractivity contribution in [2.75, 3.05) is 13.7 Å². The van der Waals surface area contributed by atoms with E-state index in [1.807, 2.05) is 12.1 Å². The Morgan fingerprint density at radius 2 is 2.00 bits per heavy atom. The minimum Gasteiger partial charge on any atom is -0.496 e. The molecule has 1 aliphatic carbocycles. The minimum atomic E-state index is -1.000. The van der Waals surface area contributed by atoms with Gasteiger partial charge in [-0.1, -0.05) is 13.0 Å². The number of carbonyl (C=O) groups excluding carboxylic acids is 4. The molecule has 1 aromatic carbocycles. The maximum Gasteiger partial charge on any atom is 0.268 e. The highest BCUT2D eigenvalue weighted by atomic mass is 16.5. The third kappa shape index (κ3) is 5.75. The van der Waals surface area contributed by atoms with Crippen molar-refractivity contribution in [3.05, 3.63) is 30.0 Å². The molecule has 0 radical (unpaired) electrons. The Kier molecular flexibility index (Phi) is 7.00. The average Bonchev–Trinajstić information content (AvgIpc) is 3.38. The number of piperidine rings is 1. The number of rotatable bonds is 10.